The lowest BCUT2D eigenvalue weighted by Crippen LogP contribution is -2.36. The predicted molar refractivity (Wildman–Crippen MR) is 41.0 cm³/mol. The molecule has 56 valence electrons. The van der Waals surface area contributed by atoms with Gasteiger partial charge in [-0.1, -0.05) is 0 Å². The number of oxime groups is 1. The zero-order valence-electron chi connectivity index (χ0n) is 5.76. The van der Waals surface area contributed by atoms with Gasteiger partial charge in [0, 0.05) is 12.3 Å². The molecule has 3 nitrogen and oxygen atoms in total. The second kappa shape index (κ2) is 4.58. The van der Waals surface area contributed by atoms with Gasteiger partial charge in [-0.25, -0.2) is 0 Å². The second-order valence-electron chi connectivity index (χ2n) is 2.39. The highest BCUT2D eigenvalue weighted by Crippen LogP contribution is 1.95. The van der Waals surface area contributed by atoms with Crippen molar-refractivity contribution < 1.29 is 4.84 Å². The van der Waals surface area contributed by atoms with Gasteiger partial charge in [-0.15, -0.1) is 17.6 Å². The molecule has 0 fully saturated rings. The van der Waals surface area contributed by atoms with Crippen LogP contribution in [0.5, 0.6) is 0 Å². The van der Waals surface area contributed by atoms with E-state index in [9.17, 15) is 0 Å². The molecule has 0 rings (SSSR count). The van der Waals surface area contributed by atoms with Crippen molar-refractivity contribution in [3.05, 3.63) is 0 Å². The van der Waals surface area contributed by atoms with Gasteiger partial charge in [0.05, 0.1) is 0 Å². The van der Waals surface area contributed by atoms with Gasteiger partial charge in [0.1, 0.15) is 6.61 Å². The van der Waals surface area contributed by atoms with Crippen LogP contribution in [0.1, 0.15) is 13.8 Å². The zero-order valence-corrected chi connectivity index (χ0v) is 6.57. The summed E-state index contributed by atoms with van der Waals surface area (Å²) in [6.45, 7) is 7.27. The van der Waals surface area contributed by atoms with Gasteiger partial charge in [-0.05, 0) is 13.8 Å². The van der Waals surface area contributed by atoms with Crippen molar-refractivity contribution in [1.82, 2.24) is 0 Å². The van der Waals surface area contributed by atoms with Crippen LogP contribution in [0.3, 0.4) is 0 Å². The van der Waals surface area contributed by atoms with Gasteiger partial charge in [-0.2, -0.15) is 0 Å². The number of rotatable bonds is 3. The summed E-state index contributed by atoms with van der Waals surface area (Å²) in [5.74, 6) is 0. The Balaban J connectivity index is 0. The Kier molecular flexibility index (Phi) is 5.86. The smallest absolute Gasteiger partial charge is 0.134 e. The average molecular weight is 153 g/mol. The molecule has 0 unspecified atom stereocenters. The first kappa shape index (κ1) is 11.5. The van der Waals surface area contributed by atoms with Crippen LogP contribution in [0.25, 0.3) is 0 Å². The highest BCUT2D eigenvalue weighted by molar-refractivity contribution is 5.85. The van der Waals surface area contributed by atoms with Gasteiger partial charge >= 0.3 is 0 Å². The molecule has 0 saturated heterocycles. The largest absolute Gasteiger partial charge is 0.394 e. The first-order valence-electron chi connectivity index (χ1n) is 2.43. The molecule has 4 heteroatoms. The van der Waals surface area contributed by atoms with Crippen molar-refractivity contribution in [2.24, 2.45) is 10.9 Å². The van der Waals surface area contributed by atoms with E-state index in [2.05, 4.69) is 16.7 Å². The fraction of sp³-hybridized carbons (Fsp3) is 0.800. The van der Waals surface area contributed by atoms with E-state index < -0.39 is 0 Å². The normalized spacial score (nSPS) is 9.67. The van der Waals surface area contributed by atoms with Crippen LogP contribution in [0, 0.1) is 0 Å². The molecule has 0 radical (unpaired) electrons. The Hall–Kier alpha value is -0.280. The van der Waals surface area contributed by atoms with Crippen molar-refractivity contribution in [3.8, 4) is 0 Å². The summed E-state index contributed by atoms with van der Waals surface area (Å²) in [5.41, 5.74) is 5.20. The average Bonchev–Trinajstić information content (AvgIpc) is 1.59. The number of hydrogen-bond donors (Lipinski definition) is 1. The summed E-state index contributed by atoms with van der Waals surface area (Å²) >= 11 is 0. The third kappa shape index (κ3) is 11.3. The highest BCUT2D eigenvalue weighted by Gasteiger charge is 2.09. The molecule has 9 heavy (non-hydrogen) atoms. The molecule has 2 N–H and O–H groups in total. The molecule has 0 aromatic heterocycles. The predicted octanol–water partition coefficient (Wildman–Crippen LogP) is 0.778. The maximum Gasteiger partial charge on any atom is 0.134 e. The minimum Gasteiger partial charge on any atom is -0.394 e. The number of halogens is 1. The molecule has 0 aromatic carbocycles. The standard InChI is InChI=1S/C5H12N2O.ClH/c1-5(2,6)4-8-7-3;/h3-4,6H2,1-2H3;1H. The number of nitrogens with zero attached hydrogens (tertiary/aromatic N) is 1. The summed E-state index contributed by atoms with van der Waals surface area (Å²) in [7, 11) is 0. The lowest BCUT2D eigenvalue weighted by atomic mass is 10.1. The Labute approximate surface area is 61.7 Å². The molecule has 0 atom stereocenters. The molecule has 0 heterocycles. The SMILES string of the molecule is C=NOCC(C)(C)N.Cl. The fourth-order valence-corrected chi connectivity index (χ4v) is 0.212. The molecule has 0 bridgehead atoms. The lowest BCUT2D eigenvalue weighted by Gasteiger charge is -2.14. The quantitative estimate of drug-likeness (QED) is 0.480. The highest BCUT2D eigenvalue weighted by atomic mass is 35.5. The Morgan fingerprint density at radius 1 is 1.67 bits per heavy atom. The Morgan fingerprint density at radius 3 is 2.22 bits per heavy atom. The minimum atomic E-state index is -0.304. The summed E-state index contributed by atoms with van der Waals surface area (Å²) in [4.78, 5) is 4.59. The van der Waals surface area contributed by atoms with Gasteiger partial charge in [0.2, 0.25) is 0 Å². The maximum absolute atomic E-state index is 5.51. The van der Waals surface area contributed by atoms with E-state index in [4.69, 9.17) is 5.73 Å². The zero-order chi connectivity index (χ0) is 6.62. The summed E-state index contributed by atoms with van der Waals surface area (Å²) < 4.78 is 0. The fourth-order valence-electron chi connectivity index (χ4n) is 0.212. The van der Waals surface area contributed by atoms with Gasteiger partial charge in [-0.3, -0.25) is 0 Å². The van der Waals surface area contributed by atoms with Crippen molar-refractivity contribution in [1.29, 1.82) is 0 Å². The van der Waals surface area contributed by atoms with E-state index in [1.165, 1.54) is 0 Å². The van der Waals surface area contributed by atoms with Crippen LogP contribution >= 0.6 is 12.4 Å². The van der Waals surface area contributed by atoms with Crippen LogP contribution in [0.15, 0.2) is 5.16 Å². The van der Waals surface area contributed by atoms with Gasteiger partial charge in [0.25, 0.3) is 0 Å². The monoisotopic (exact) mass is 152 g/mol. The second-order valence-corrected chi connectivity index (χ2v) is 2.39. The van der Waals surface area contributed by atoms with Crippen LogP contribution in [0.2, 0.25) is 0 Å². The number of nitrogens with two attached hydrogens (primary N) is 1. The van der Waals surface area contributed by atoms with Gasteiger partial charge in [0.15, 0.2) is 0 Å². The molecular formula is C5H13ClN2O. The van der Waals surface area contributed by atoms with Crippen molar-refractivity contribution >= 4 is 19.1 Å². The van der Waals surface area contributed by atoms with Crippen molar-refractivity contribution in [2.45, 2.75) is 19.4 Å². The molecule has 0 saturated carbocycles. The molecule has 0 spiro atoms. The maximum atomic E-state index is 5.51. The van der Waals surface area contributed by atoms with Crippen molar-refractivity contribution in [2.75, 3.05) is 6.61 Å². The van der Waals surface area contributed by atoms with Crippen LogP contribution in [0.4, 0.5) is 0 Å². The third-order valence-corrected chi connectivity index (χ3v) is 0.528. The Bertz CT molecular complexity index is 79.5. The third-order valence-electron chi connectivity index (χ3n) is 0.528. The molecule has 0 aromatic rings. The first-order chi connectivity index (χ1) is 3.56. The van der Waals surface area contributed by atoms with E-state index in [0.29, 0.717) is 6.61 Å². The van der Waals surface area contributed by atoms with Crippen LogP contribution in [-0.2, 0) is 4.84 Å². The molecule has 0 aliphatic heterocycles. The summed E-state index contributed by atoms with van der Waals surface area (Å²) in [6, 6.07) is 0. The van der Waals surface area contributed by atoms with Crippen molar-refractivity contribution in [3.63, 3.8) is 0 Å². The Morgan fingerprint density at radius 2 is 2.11 bits per heavy atom. The van der Waals surface area contributed by atoms with Gasteiger partial charge < -0.3 is 10.6 Å². The molecule has 0 aliphatic rings. The summed E-state index contributed by atoms with van der Waals surface area (Å²) in [5, 5.41) is 3.19. The molecule has 0 amide bonds. The van der Waals surface area contributed by atoms with Crippen LogP contribution in [-0.4, -0.2) is 18.9 Å². The topological polar surface area (TPSA) is 47.6 Å². The molecule has 0 aliphatic carbocycles. The summed E-state index contributed by atoms with van der Waals surface area (Å²) in [6.07, 6.45) is 0. The van der Waals surface area contributed by atoms with Crippen LogP contribution < -0.4 is 5.73 Å². The van der Waals surface area contributed by atoms with E-state index in [0.717, 1.165) is 0 Å². The van der Waals surface area contributed by atoms with E-state index in [-0.39, 0.29) is 17.9 Å². The number of hydrogen-bond acceptors (Lipinski definition) is 3. The van der Waals surface area contributed by atoms with E-state index >= 15 is 0 Å². The lowest BCUT2D eigenvalue weighted by molar-refractivity contribution is 0.107. The molecular weight excluding hydrogens is 140 g/mol. The van der Waals surface area contributed by atoms with E-state index in [1.54, 1.807) is 0 Å². The first-order valence-corrected chi connectivity index (χ1v) is 2.43. The minimum absolute atomic E-state index is 0. The van der Waals surface area contributed by atoms with E-state index in [1.807, 2.05) is 13.8 Å².